The first-order chi connectivity index (χ1) is 35.8. The lowest BCUT2D eigenvalue weighted by atomic mass is 9.94. The molecule has 14 heteroatoms. The third kappa shape index (κ3) is 13.2. The first-order valence-corrected chi connectivity index (χ1v) is 25.8. The quantitative estimate of drug-likeness (QED) is 0.0446. The number of carbonyl (C=O) groups is 3. The minimum Gasteiger partial charge on any atom is -0.457 e. The fourth-order valence-corrected chi connectivity index (χ4v) is 10.5. The largest absolute Gasteiger partial charge is 0.457 e. The molecule has 6 aromatic rings. The molecule has 6 aromatic carbocycles. The summed E-state index contributed by atoms with van der Waals surface area (Å²) in [5.41, 5.74) is 4.25. The third-order valence-electron chi connectivity index (χ3n) is 12.9. The molecule has 3 aliphatic rings. The summed E-state index contributed by atoms with van der Waals surface area (Å²) < 4.78 is 61.6. The Morgan fingerprint density at radius 3 is 1.33 bits per heavy atom. The van der Waals surface area contributed by atoms with Crippen LogP contribution in [0.3, 0.4) is 0 Å². The van der Waals surface area contributed by atoms with Crippen LogP contribution in [0.15, 0.2) is 176 Å². The van der Waals surface area contributed by atoms with Crippen molar-refractivity contribution in [3.05, 3.63) is 215 Å². The number of fused-ring (bicyclic) bond motifs is 1. The van der Waals surface area contributed by atoms with Crippen LogP contribution in [-0.4, -0.2) is 102 Å². The number of thioether (sulfide) groups is 1. The molecule has 2 saturated heterocycles. The lowest BCUT2D eigenvalue weighted by Gasteiger charge is -2.51. The molecule has 73 heavy (non-hydrogen) atoms. The van der Waals surface area contributed by atoms with Gasteiger partial charge in [-0.3, -0.25) is 19.3 Å². The Kier molecular flexibility index (Phi) is 18.3. The van der Waals surface area contributed by atoms with Gasteiger partial charge in [0.05, 0.1) is 57.4 Å². The van der Waals surface area contributed by atoms with Gasteiger partial charge in [0.1, 0.15) is 48.1 Å². The van der Waals surface area contributed by atoms with Crippen LogP contribution in [-0.2, 0) is 80.5 Å². The van der Waals surface area contributed by atoms with Crippen molar-refractivity contribution >= 4 is 29.5 Å². The first kappa shape index (κ1) is 51.8. The molecule has 2 fully saturated rings. The Labute approximate surface area is 430 Å². The average Bonchev–Trinajstić information content (AvgIpc) is 3.67. The summed E-state index contributed by atoms with van der Waals surface area (Å²) in [5, 5.41) is 0. The van der Waals surface area contributed by atoms with Gasteiger partial charge >= 0.3 is 5.97 Å². The zero-order valence-electron chi connectivity index (χ0n) is 40.9. The van der Waals surface area contributed by atoms with E-state index >= 15 is 0 Å². The van der Waals surface area contributed by atoms with Crippen LogP contribution >= 0.6 is 11.8 Å². The van der Waals surface area contributed by atoms with Crippen LogP contribution < -0.4 is 0 Å². The van der Waals surface area contributed by atoms with Gasteiger partial charge in [0.15, 0.2) is 12.4 Å². The van der Waals surface area contributed by atoms with Crippen LogP contribution in [0.5, 0.6) is 0 Å². The molecule has 0 N–H and O–H groups in total. The number of hydrogen-bond donors (Lipinski definition) is 0. The lowest BCUT2D eigenvalue weighted by molar-refractivity contribution is -0.353. The number of benzene rings is 6. The summed E-state index contributed by atoms with van der Waals surface area (Å²) >= 11 is 1.39. The summed E-state index contributed by atoms with van der Waals surface area (Å²) in [6.07, 6.45) is -8.22. The molecule has 10 atom stereocenters. The highest BCUT2D eigenvalue weighted by Gasteiger charge is 2.58. The zero-order valence-corrected chi connectivity index (χ0v) is 41.7. The van der Waals surface area contributed by atoms with E-state index in [0.717, 1.165) is 32.7 Å². The van der Waals surface area contributed by atoms with Crippen molar-refractivity contribution in [2.75, 3.05) is 19.0 Å². The van der Waals surface area contributed by atoms with Crippen molar-refractivity contribution in [3.8, 4) is 0 Å². The van der Waals surface area contributed by atoms with Crippen molar-refractivity contribution < 1.29 is 57.0 Å². The minimum atomic E-state index is -1.29. The predicted octanol–water partition coefficient (Wildman–Crippen LogP) is 9.36. The molecule has 9 rings (SSSR count). The highest BCUT2D eigenvalue weighted by molar-refractivity contribution is 7.99. The molecule has 380 valence electrons. The Morgan fingerprint density at radius 1 is 0.493 bits per heavy atom. The van der Waals surface area contributed by atoms with E-state index in [2.05, 4.69) is 0 Å². The van der Waals surface area contributed by atoms with Gasteiger partial charge in [0.2, 0.25) is 0 Å². The average molecular weight is 1010 g/mol. The number of carbonyl (C=O) groups excluding carboxylic acids is 3. The van der Waals surface area contributed by atoms with Crippen molar-refractivity contribution in [2.45, 2.75) is 107 Å². The topological polar surface area (TPSA) is 138 Å². The summed E-state index contributed by atoms with van der Waals surface area (Å²) in [4.78, 5) is 43.7. The molecule has 0 bridgehead atoms. The van der Waals surface area contributed by atoms with E-state index < -0.39 is 78.3 Å². The van der Waals surface area contributed by atoms with Gasteiger partial charge in [-0.2, -0.15) is 0 Å². The van der Waals surface area contributed by atoms with Gasteiger partial charge in [-0.05, 0) is 45.7 Å². The van der Waals surface area contributed by atoms with Crippen molar-refractivity contribution in [3.63, 3.8) is 0 Å². The summed E-state index contributed by atoms with van der Waals surface area (Å²) in [5.74, 6) is -1.19. The zero-order chi connectivity index (χ0) is 50.4. The Morgan fingerprint density at radius 2 is 0.890 bits per heavy atom. The van der Waals surface area contributed by atoms with Gasteiger partial charge in [0.25, 0.3) is 11.8 Å². The van der Waals surface area contributed by atoms with Gasteiger partial charge in [-0.25, -0.2) is 0 Å². The maximum atomic E-state index is 14.5. The molecule has 0 radical (unpaired) electrons. The third-order valence-corrected chi connectivity index (χ3v) is 13.9. The first-order valence-electron chi connectivity index (χ1n) is 24.8. The molecule has 13 nitrogen and oxygen atoms in total. The van der Waals surface area contributed by atoms with E-state index in [1.807, 2.05) is 159 Å². The van der Waals surface area contributed by atoms with Crippen LogP contribution in [0.25, 0.3) is 0 Å². The molecule has 0 aromatic heterocycles. The molecule has 2 amide bonds. The normalized spacial score (nSPS) is 24.8. The fourth-order valence-electron chi connectivity index (χ4n) is 9.45. The molecule has 0 spiro atoms. The van der Waals surface area contributed by atoms with E-state index in [9.17, 15) is 14.4 Å². The number of hydrogen-bond acceptors (Lipinski definition) is 13. The second kappa shape index (κ2) is 25.8. The van der Waals surface area contributed by atoms with Gasteiger partial charge < -0.3 is 42.6 Å². The monoisotopic (exact) mass is 1010 g/mol. The van der Waals surface area contributed by atoms with Crippen molar-refractivity contribution in [2.24, 2.45) is 0 Å². The van der Waals surface area contributed by atoms with E-state index in [1.54, 1.807) is 24.3 Å². The van der Waals surface area contributed by atoms with Crippen molar-refractivity contribution in [1.82, 2.24) is 4.90 Å². The molecular formula is C59H61NO12S. The number of nitrogens with zero attached hydrogens (tertiary/aromatic N) is 1. The second-order valence-corrected chi connectivity index (χ2v) is 19.4. The molecule has 0 saturated carbocycles. The smallest absolute Gasteiger partial charge is 0.303 e. The fraction of sp³-hybridized carbons (Fsp3) is 0.339. The number of amides is 2. The van der Waals surface area contributed by atoms with E-state index in [-0.39, 0.29) is 57.4 Å². The van der Waals surface area contributed by atoms with Crippen molar-refractivity contribution in [1.29, 1.82) is 0 Å². The Bertz CT molecular complexity index is 2630. The lowest BCUT2D eigenvalue weighted by Crippen LogP contribution is -2.68. The van der Waals surface area contributed by atoms with Gasteiger partial charge in [-0.15, -0.1) is 11.8 Å². The second-order valence-electron chi connectivity index (χ2n) is 18.0. The maximum absolute atomic E-state index is 14.5. The molecule has 3 aliphatic heterocycles. The van der Waals surface area contributed by atoms with E-state index in [1.165, 1.54) is 18.7 Å². The SMILES string of the molecule is CCS[C@@H]1O[C@H](COCc2ccccc2)[C@@H](O[C@H]2O[C@H](COCc3ccccc3)[C@@H](OCc3ccccc3)[C@H](OCc3ccccc3)[C@H]2OCc2ccccc2)[C@H](OC(C)=O)[C@H]1N1C(=O)c2ccccc2C1=O. The maximum Gasteiger partial charge on any atom is 0.303 e. The van der Waals surface area contributed by atoms with E-state index in [0.29, 0.717) is 5.75 Å². The van der Waals surface area contributed by atoms with Crippen LogP contribution in [0.1, 0.15) is 62.4 Å². The molecule has 3 heterocycles. The molecule has 0 unspecified atom stereocenters. The summed E-state index contributed by atoms with van der Waals surface area (Å²) in [7, 11) is 0. The number of imide groups is 1. The summed E-state index contributed by atoms with van der Waals surface area (Å²) in [6, 6.07) is 54.5. The van der Waals surface area contributed by atoms with Gasteiger partial charge in [0, 0.05) is 6.92 Å². The molecular weight excluding hydrogens is 947 g/mol. The van der Waals surface area contributed by atoms with Crippen LogP contribution in [0.2, 0.25) is 0 Å². The number of ether oxygens (including phenoxy) is 9. The predicted molar refractivity (Wildman–Crippen MR) is 274 cm³/mol. The number of rotatable bonds is 23. The minimum absolute atomic E-state index is 0.0322. The molecule has 0 aliphatic carbocycles. The Balaban J connectivity index is 1.13. The van der Waals surface area contributed by atoms with Gasteiger partial charge in [-0.1, -0.05) is 171 Å². The van der Waals surface area contributed by atoms with Crippen LogP contribution in [0.4, 0.5) is 0 Å². The van der Waals surface area contributed by atoms with Crippen LogP contribution in [0, 0.1) is 0 Å². The summed E-state index contributed by atoms with van der Waals surface area (Å²) in [6.45, 7) is 4.31. The Hall–Kier alpha value is -6.04. The standard InChI is InChI=1S/C59H61NO12S/c1-3-73-59-50(60-56(62)46-31-19-20-32-47(46)57(60)63)53(69-40(2)61)52(49(71-59)39-65-34-42-23-11-5-12-24-42)72-58-55(68-37-45-29-17-8-18-30-45)54(67-36-44-27-15-7-16-28-44)51(66-35-43-25-13-6-14-26-43)48(70-58)38-64-33-41-21-9-4-10-22-41/h4-32,48-55,58-59H,3,33-39H2,1-2H3/t48-,49-,50-,51-,52-,53-,54+,55-,58-,59+/m1/s1. The highest BCUT2D eigenvalue weighted by atomic mass is 32.2. The number of esters is 1. The highest BCUT2D eigenvalue weighted by Crippen LogP contribution is 2.41. The van der Waals surface area contributed by atoms with E-state index in [4.69, 9.17) is 42.6 Å².